The van der Waals surface area contributed by atoms with Crippen LogP contribution in [0, 0.1) is 18.6 Å². The van der Waals surface area contributed by atoms with Crippen molar-refractivity contribution < 1.29 is 27.1 Å². The minimum atomic E-state index is -4.16. The van der Waals surface area contributed by atoms with Crippen LogP contribution >= 0.6 is 0 Å². The van der Waals surface area contributed by atoms with E-state index in [1.807, 2.05) is 0 Å². The lowest BCUT2D eigenvalue weighted by molar-refractivity contribution is -0.126. The minimum absolute atomic E-state index is 0.00785. The van der Waals surface area contributed by atoms with Crippen LogP contribution in [0.2, 0.25) is 0 Å². The first-order valence-electron chi connectivity index (χ1n) is 13.5. The van der Waals surface area contributed by atoms with E-state index >= 15 is 4.39 Å². The molecule has 4 heterocycles. The van der Waals surface area contributed by atoms with Crippen LogP contribution in [0.4, 0.5) is 14.6 Å². The molecule has 15 heteroatoms. The van der Waals surface area contributed by atoms with E-state index < -0.39 is 44.4 Å². The van der Waals surface area contributed by atoms with Crippen LogP contribution in [0.25, 0.3) is 28.0 Å². The Morgan fingerprint density at radius 3 is 2.52 bits per heavy atom. The maximum Gasteiger partial charge on any atom is 0.355 e. The maximum atomic E-state index is 15.9. The summed E-state index contributed by atoms with van der Waals surface area (Å²) in [6.45, 7) is 7.53. The van der Waals surface area contributed by atoms with Crippen LogP contribution in [0.5, 0.6) is 5.75 Å². The second-order valence-corrected chi connectivity index (χ2v) is 12.6. The van der Waals surface area contributed by atoms with Gasteiger partial charge in [-0.3, -0.25) is 9.78 Å². The van der Waals surface area contributed by atoms with Crippen LogP contribution in [0.15, 0.2) is 58.9 Å². The zero-order chi connectivity index (χ0) is 32.1. The monoisotopic (exact) mass is 625 g/mol. The van der Waals surface area contributed by atoms with Crippen molar-refractivity contribution in [2.24, 2.45) is 0 Å². The maximum absolute atomic E-state index is 15.9. The van der Waals surface area contributed by atoms with Gasteiger partial charge in [0.1, 0.15) is 28.0 Å². The molecule has 1 aliphatic heterocycles. The number of aryl methyl sites for hydroxylation is 1. The van der Waals surface area contributed by atoms with Gasteiger partial charge in [-0.1, -0.05) is 12.6 Å². The smallest absolute Gasteiger partial charge is 0.355 e. The van der Waals surface area contributed by atoms with Gasteiger partial charge in [0.25, 0.3) is 0 Å². The standard InChI is InChI=1S/C29H29F2N7O5S/c1-6-23(40)36-12-13-37(16(2)15-36)27-18-14-20(31)25(24-19(30)8-7-9-21(24)39)33-28(18)38(29(41)34-27)26-17(3)32-11-10-22(26)44(42,43)35(4)5/h6-11,14,16,39H,1,12-13,15H2,2-5H3/t16-/m0/s1. The third-order valence-corrected chi connectivity index (χ3v) is 9.31. The first kappa shape index (κ1) is 30.7. The number of hydrogen-bond donors (Lipinski definition) is 1. The van der Waals surface area contributed by atoms with Crippen molar-refractivity contribution in [2.45, 2.75) is 24.8 Å². The van der Waals surface area contributed by atoms with Gasteiger partial charge in [-0.15, -0.1) is 0 Å². The molecule has 0 radical (unpaired) electrons. The Balaban J connectivity index is 1.87. The second-order valence-electron chi connectivity index (χ2n) is 10.4. The molecule has 1 amide bonds. The highest BCUT2D eigenvalue weighted by Gasteiger charge is 2.32. The van der Waals surface area contributed by atoms with Gasteiger partial charge in [-0.05, 0) is 44.2 Å². The summed E-state index contributed by atoms with van der Waals surface area (Å²) < 4.78 is 59.4. The second kappa shape index (κ2) is 11.4. The third kappa shape index (κ3) is 5.07. The average Bonchev–Trinajstić information content (AvgIpc) is 2.97. The molecule has 3 aromatic heterocycles. The van der Waals surface area contributed by atoms with E-state index in [1.165, 1.54) is 45.4 Å². The molecule has 0 aliphatic carbocycles. The van der Waals surface area contributed by atoms with Crippen LogP contribution in [0.3, 0.4) is 0 Å². The molecule has 1 saturated heterocycles. The number of hydrogen-bond acceptors (Lipinski definition) is 9. The highest BCUT2D eigenvalue weighted by atomic mass is 32.2. The van der Waals surface area contributed by atoms with Crippen molar-refractivity contribution in [3.05, 3.63) is 77.0 Å². The van der Waals surface area contributed by atoms with Crippen LogP contribution < -0.4 is 10.6 Å². The van der Waals surface area contributed by atoms with E-state index in [2.05, 4.69) is 21.5 Å². The molecule has 0 saturated carbocycles. The molecule has 0 bridgehead atoms. The molecule has 1 atom stereocenters. The van der Waals surface area contributed by atoms with E-state index in [1.54, 1.807) is 16.7 Å². The Morgan fingerprint density at radius 2 is 1.89 bits per heavy atom. The lowest BCUT2D eigenvalue weighted by Gasteiger charge is -2.40. The number of amides is 1. The SMILES string of the molecule is C=CC(=O)N1CCN(c2nc(=O)n(-c3c(S(=O)(=O)N(C)C)ccnc3C)c3nc(-c4c(O)cccc4F)c(F)cc23)[C@@H](C)C1. The number of carbonyl (C=O) groups excluding carboxylic acids is 1. The van der Waals surface area contributed by atoms with Crippen molar-refractivity contribution in [2.75, 3.05) is 38.6 Å². The number of aromatic hydroxyl groups is 1. The summed E-state index contributed by atoms with van der Waals surface area (Å²) in [5.74, 6) is -2.82. The largest absolute Gasteiger partial charge is 0.507 e. The van der Waals surface area contributed by atoms with Crippen LogP contribution in [-0.4, -0.2) is 87.9 Å². The number of phenols is 1. The van der Waals surface area contributed by atoms with Crippen molar-refractivity contribution in [1.29, 1.82) is 0 Å². The number of aromatic nitrogens is 4. The predicted octanol–water partition coefficient (Wildman–Crippen LogP) is 2.61. The highest BCUT2D eigenvalue weighted by molar-refractivity contribution is 7.89. The number of pyridine rings is 2. The Hall–Kier alpha value is -4.76. The van der Waals surface area contributed by atoms with Gasteiger partial charge in [0, 0.05) is 46.0 Å². The molecule has 1 N–H and O–H groups in total. The van der Waals surface area contributed by atoms with E-state index in [-0.39, 0.29) is 64.7 Å². The Morgan fingerprint density at radius 1 is 1.16 bits per heavy atom. The topological polar surface area (TPSA) is 142 Å². The molecule has 4 aromatic rings. The van der Waals surface area contributed by atoms with E-state index in [0.29, 0.717) is 0 Å². The predicted molar refractivity (Wildman–Crippen MR) is 159 cm³/mol. The highest BCUT2D eigenvalue weighted by Crippen LogP contribution is 2.36. The molecule has 230 valence electrons. The number of rotatable bonds is 6. The fourth-order valence-corrected chi connectivity index (χ4v) is 6.37. The number of phenolic OH excluding ortho intramolecular Hbond substituents is 1. The summed E-state index contributed by atoms with van der Waals surface area (Å²) in [6.07, 6.45) is 2.47. The Bertz CT molecular complexity index is 1980. The summed E-state index contributed by atoms with van der Waals surface area (Å²) in [4.78, 5) is 42.0. The van der Waals surface area contributed by atoms with E-state index in [0.717, 1.165) is 27.1 Å². The van der Waals surface area contributed by atoms with E-state index in [4.69, 9.17) is 0 Å². The normalized spacial score (nSPS) is 15.7. The summed E-state index contributed by atoms with van der Waals surface area (Å²) in [5.41, 5.74) is -2.41. The van der Waals surface area contributed by atoms with Crippen LogP contribution in [-0.2, 0) is 14.8 Å². The molecule has 1 aliphatic rings. The summed E-state index contributed by atoms with van der Waals surface area (Å²) in [6, 6.07) is 5.26. The number of nitrogens with zero attached hydrogens (tertiary/aromatic N) is 7. The van der Waals surface area contributed by atoms with Gasteiger partial charge in [0.05, 0.1) is 22.3 Å². The summed E-state index contributed by atoms with van der Waals surface area (Å²) >= 11 is 0. The van der Waals surface area contributed by atoms with Crippen molar-refractivity contribution in [3.8, 4) is 22.7 Å². The van der Waals surface area contributed by atoms with E-state index in [9.17, 15) is 27.5 Å². The van der Waals surface area contributed by atoms with Gasteiger partial charge in [0.15, 0.2) is 11.5 Å². The van der Waals surface area contributed by atoms with Crippen molar-refractivity contribution in [1.82, 2.24) is 28.7 Å². The van der Waals surface area contributed by atoms with Gasteiger partial charge < -0.3 is 14.9 Å². The number of benzene rings is 1. The first-order valence-corrected chi connectivity index (χ1v) is 14.9. The van der Waals surface area contributed by atoms with Crippen LogP contribution in [0.1, 0.15) is 12.6 Å². The number of carbonyl (C=O) groups is 1. The Labute approximate surface area is 251 Å². The van der Waals surface area contributed by atoms with Gasteiger partial charge in [0.2, 0.25) is 15.9 Å². The third-order valence-electron chi connectivity index (χ3n) is 7.47. The lowest BCUT2D eigenvalue weighted by Crippen LogP contribution is -2.54. The number of fused-ring (bicyclic) bond motifs is 1. The van der Waals surface area contributed by atoms with Gasteiger partial charge in [-0.25, -0.2) is 35.8 Å². The molecule has 0 spiro atoms. The zero-order valence-corrected chi connectivity index (χ0v) is 25.1. The fourth-order valence-electron chi connectivity index (χ4n) is 5.26. The van der Waals surface area contributed by atoms with Crippen molar-refractivity contribution >= 4 is 32.8 Å². The number of anilines is 1. The number of piperazine rings is 1. The minimum Gasteiger partial charge on any atom is -0.507 e. The quantitative estimate of drug-likeness (QED) is 0.320. The molecule has 44 heavy (non-hydrogen) atoms. The molecular formula is C29H29F2N7O5S. The summed E-state index contributed by atoms with van der Waals surface area (Å²) in [5, 5.41) is 10.5. The number of sulfonamides is 1. The first-order chi connectivity index (χ1) is 20.8. The van der Waals surface area contributed by atoms with Gasteiger partial charge in [-0.2, -0.15) is 4.98 Å². The molecule has 5 rings (SSSR count). The average molecular weight is 626 g/mol. The summed E-state index contributed by atoms with van der Waals surface area (Å²) in [7, 11) is -1.51. The lowest BCUT2D eigenvalue weighted by atomic mass is 10.1. The van der Waals surface area contributed by atoms with Crippen molar-refractivity contribution in [3.63, 3.8) is 0 Å². The molecule has 1 aromatic carbocycles. The molecule has 1 fully saturated rings. The molecule has 0 unspecified atom stereocenters. The fraction of sp³-hybridized carbons (Fsp3) is 0.276. The zero-order valence-electron chi connectivity index (χ0n) is 24.3. The molecular weight excluding hydrogens is 596 g/mol. The van der Waals surface area contributed by atoms with Gasteiger partial charge >= 0.3 is 5.69 Å². The number of halogens is 2. The Kier molecular flexibility index (Phi) is 7.94. The molecule has 12 nitrogen and oxygen atoms in total.